The predicted molar refractivity (Wildman–Crippen MR) is 83.1 cm³/mol. The minimum absolute atomic E-state index is 0.238. The normalized spacial score (nSPS) is 22.8. The first kappa shape index (κ1) is 14.3. The third-order valence-corrected chi connectivity index (χ3v) is 4.27. The van der Waals surface area contributed by atoms with Gasteiger partial charge in [0.25, 0.3) is 0 Å². The van der Waals surface area contributed by atoms with Gasteiger partial charge in [0.05, 0.1) is 11.8 Å². The van der Waals surface area contributed by atoms with E-state index in [4.69, 9.17) is 0 Å². The summed E-state index contributed by atoms with van der Waals surface area (Å²) >= 11 is 0. The van der Waals surface area contributed by atoms with Crippen LogP contribution >= 0.6 is 0 Å². The summed E-state index contributed by atoms with van der Waals surface area (Å²) in [7, 11) is 0. The van der Waals surface area contributed by atoms with Crippen LogP contribution in [0.5, 0.6) is 0 Å². The molecular formula is C17H23N3O. The van der Waals surface area contributed by atoms with E-state index in [1.165, 1.54) is 5.56 Å². The summed E-state index contributed by atoms with van der Waals surface area (Å²) in [6.07, 6.45) is 1.66. The Morgan fingerprint density at radius 1 is 1.29 bits per heavy atom. The zero-order valence-corrected chi connectivity index (χ0v) is 12.5. The number of aliphatic hydroxyl groups excluding tert-OH is 1. The Morgan fingerprint density at radius 3 is 2.81 bits per heavy atom. The van der Waals surface area contributed by atoms with Gasteiger partial charge in [0.1, 0.15) is 0 Å². The fourth-order valence-corrected chi connectivity index (χ4v) is 3.10. The number of aromatic amines is 1. The second-order valence-electron chi connectivity index (χ2n) is 6.07. The molecule has 2 N–H and O–H groups in total. The predicted octanol–water partition coefficient (Wildman–Crippen LogP) is 1.80. The van der Waals surface area contributed by atoms with E-state index in [1.54, 1.807) is 0 Å². The first-order valence-electron chi connectivity index (χ1n) is 7.66. The molecule has 1 aromatic carbocycles. The van der Waals surface area contributed by atoms with Crippen LogP contribution in [0.4, 0.5) is 0 Å². The topological polar surface area (TPSA) is 52.1 Å². The number of nitrogens with one attached hydrogen (secondary N) is 1. The Kier molecular flexibility index (Phi) is 4.36. The molecular weight excluding hydrogens is 262 g/mol. The summed E-state index contributed by atoms with van der Waals surface area (Å²) in [4.78, 5) is 2.36. The van der Waals surface area contributed by atoms with Gasteiger partial charge < -0.3 is 10.0 Å². The Balaban J connectivity index is 1.51. The number of β-amino-alcohol motifs (C(OH)–C–C–N with tert-alkyl or cyclic N) is 1. The van der Waals surface area contributed by atoms with Gasteiger partial charge in [-0.3, -0.25) is 5.10 Å². The third kappa shape index (κ3) is 3.71. The molecule has 112 valence electrons. The summed E-state index contributed by atoms with van der Waals surface area (Å²) in [5.41, 5.74) is 3.50. The standard InChI is InChI=1S/C17H23N3O/c1-13-9-16(19-18-13)10-15-11-20(12-17(15)21)8-7-14-5-3-2-4-6-14/h2-6,9,15,17,21H,7-8,10-12H2,1H3,(H,18,19)/t15-,17+/m1/s1. The van der Waals surface area contributed by atoms with Gasteiger partial charge in [-0.25, -0.2) is 0 Å². The lowest BCUT2D eigenvalue weighted by molar-refractivity contribution is 0.141. The zero-order chi connectivity index (χ0) is 14.7. The minimum atomic E-state index is -0.238. The molecule has 1 aliphatic rings. The number of benzene rings is 1. The van der Waals surface area contributed by atoms with Crippen LogP contribution in [0.1, 0.15) is 17.0 Å². The van der Waals surface area contributed by atoms with Gasteiger partial charge in [0, 0.05) is 31.2 Å². The summed E-state index contributed by atoms with van der Waals surface area (Å²) in [5.74, 6) is 0.295. The van der Waals surface area contributed by atoms with Gasteiger partial charge in [0.15, 0.2) is 0 Å². The first-order valence-corrected chi connectivity index (χ1v) is 7.66. The molecule has 0 radical (unpaired) electrons. The number of aromatic nitrogens is 2. The van der Waals surface area contributed by atoms with Crippen molar-refractivity contribution in [1.82, 2.24) is 15.1 Å². The fraction of sp³-hybridized carbons (Fsp3) is 0.471. The highest BCUT2D eigenvalue weighted by Crippen LogP contribution is 2.21. The first-order chi connectivity index (χ1) is 10.2. The number of likely N-dealkylation sites (tertiary alicyclic amines) is 1. The zero-order valence-electron chi connectivity index (χ0n) is 12.5. The highest BCUT2D eigenvalue weighted by molar-refractivity contribution is 5.15. The van der Waals surface area contributed by atoms with E-state index in [0.717, 1.165) is 43.9 Å². The van der Waals surface area contributed by atoms with E-state index >= 15 is 0 Å². The summed E-state index contributed by atoms with van der Waals surface area (Å²) in [5, 5.41) is 17.5. The number of nitrogens with zero attached hydrogens (tertiary/aromatic N) is 2. The lowest BCUT2D eigenvalue weighted by Crippen LogP contribution is -2.24. The molecule has 0 saturated carbocycles. The Hall–Kier alpha value is -1.65. The van der Waals surface area contributed by atoms with Gasteiger partial charge in [-0.15, -0.1) is 0 Å². The molecule has 1 aromatic heterocycles. The maximum atomic E-state index is 10.2. The Bertz CT molecular complexity index is 566. The van der Waals surface area contributed by atoms with Crippen molar-refractivity contribution in [3.05, 3.63) is 53.3 Å². The van der Waals surface area contributed by atoms with Crippen molar-refractivity contribution in [1.29, 1.82) is 0 Å². The monoisotopic (exact) mass is 285 g/mol. The average Bonchev–Trinajstić information content (AvgIpc) is 3.05. The molecule has 4 nitrogen and oxygen atoms in total. The van der Waals surface area contributed by atoms with Gasteiger partial charge in [-0.05, 0) is 31.4 Å². The van der Waals surface area contributed by atoms with Crippen LogP contribution in [0.15, 0.2) is 36.4 Å². The third-order valence-electron chi connectivity index (χ3n) is 4.27. The lowest BCUT2D eigenvalue weighted by atomic mass is 10.0. The molecule has 1 saturated heterocycles. The number of hydrogen-bond donors (Lipinski definition) is 2. The maximum absolute atomic E-state index is 10.2. The number of rotatable bonds is 5. The average molecular weight is 285 g/mol. The Labute approximate surface area is 125 Å². The van der Waals surface area contributed by atoms with Crippen LogP contribution in [0.25, 0.3) is 0 Å². The SMILES string of the molecule is Cc1cc(C[C@@H]2CN(CCc3ccccc3)C[C@@H]2O)n[nH]1. The number of H-pyrrole nitrogens is 1. The van der Waals surface area contributed by atoms with Crippen molar-refractivity contribution in [2.45, 2.75) is 25.9 Å². The van der Waals surface area contributed by atoms with Crippen molar-refractivity contribution in [2.75, 3.05) is 19.6 Å². The molecule has 2 heterocycles. The molecule has 3 rings (SSSR count). The molecule has 1 aliphatic heterocycles. The lowest BCUT2D eigenvalue weighted by Gasteiger charge is -2.15. The molecule has 2 atom stereocenters. The second-order valence-corrected chi connectivity index (χ2v) is 6.07. The second kappa shape index (κ2) is 6.41. The van der Waals surface area contributed by atoms with Crippen LogP contribution in [-0.4, -0.2) is 45.9 Å². The molecule has 0 bridgehead atoms. The van der Waals surface area contributed by atoms with E-state index in [9.17, 15) is 5.11 Å². The van der Waals surface area contributed by atoms with Gasteiger partial charge in [0.2, 0.25) is 0 Å². The molecule has 0 spiro atoms. The van der Waals surface area contributed by atoms with Crippen molar-refractivity contribution in [2.24, 2.45) is 5.92 Å². The fourth-order valence-electron chi connectivity index (χ4n) is 3.10. The molecule has 0 amide bonds. The number of aryl methyl sites for hydroxylation is 1. The van der Waals surface area contributed by atoms with Crippen molar-refractivity contribution in [3.63, 3.8) is 0 Å². The van der Waals surface area contributed by atoms with Crippen LogP contribution in [-0.2, 0) is 12.8 Å². The van der Waals surface area contributed by atoms with Crippen LogP contribution < -0.4 is 0 Å². The van der Waals surface area contributed by atoms with Crippen molar-refractivity contribution in [3.8, 4) is 0 Å². The van der Waals surface area contributed by atoms with E-state index in [0.29, 0.717) is 5.92 Å². The smallest absolute Gasteiger partial charge is 0.0711 e. The molecule has 0 aliphatic carbocycles. The van der Waals surface area contributed by atoms with E-state index in [-0.39, 0.29) is 6.10 Å². The van der Waals surface area contributed by atoms with E-state index in [1.807, 2.05) is 13.0 Å². The van der Waals surface area contributed by atoms with E-state index in [2.05, 4.69) is 45.4 Å². The maximum Gasteiger partial charge on any atom is 0.0711 e. The van der Waals surface area contributed by atoms with Crippen molar-refractivity contribution < 1.29 is 5.11 Å². The molecule has 4 heteroatoms. The van der Waals surface area contributed by atoms with Gasteiger partial charge in [-0.1, -0.05) is 30.3 Å². The summed E-state index contributed by atoms with van der Waals surface area (Å²) in [6, 6.07) is 12.6. The molecule has 21 heavy (non-hydrogen) atoms. The van der Waals surface area contributed by atoms with E-state index < -0.39 is 0 Å². The number of aliphatic hydroxyl groups is 1. The largest absolute Gasteiger partial charge is 0.391 e. The highest BCUT2D eigenvalue weighted by atomic mass is 16.3. The Morgan fingerprint density at radius 2 is 2.10 bits per heavy atom. The van der Waals surface area contributed by atoms with Crippen molar-refractivity contribution >= 4 is 0 Å². The molecule has 1 fully saturated rings. The summed E-state index contributed by atoms with van der Waals surface area (Å²) in [6.45, 7) is 4.76. The minimum Gasteiger partial charge on any atom is -0.391 e. The summed E-state index contributed by atoms with van der Waals surface area (Å²) < 4.78 is 0. The highest BCUT2D eigenvalue weighted by Gasteiger charge is 2.31. The molecule has 2 aromatic rings. The van der Waals surface area contributed by atoms with Crippen LogP contribution in [0, 0.1) is 12.8 Å². The molecule has 0 unspecified atom stereocenters. The van der Waals surface area contributed by atoms with Crippen LogP contribution in [0.3, 0.4) is 0 Å². The number of hydrogen-bond acceptors (Lipinski definition) is 3. The van der Waals surface area contributed by atoms with Gasteiger partial charge >= 0.3 is 0 Å². The van der Waals surface area contributed by atoms with Gasteiger partial charge in [-0.2, -0.15) is 5.10 Å². The van der Waals surface area contributed by atoms with Crippen LogP contribution in [0.2, 0.25) is 0 Å². The quantitative estimate of drug-likeness (QED) is 0.880.